The SMILES string of the molecule is CNCCc1nc(CSc2ccc(Cl)cc2)no1. The van der Waals surface area contributed by atoms with E-state index in [1.807, 2.05) is 31.3 Å². The van der Waals surface area contributed by atoms with E-state index in [-0.39, 0.29) is 0 Å². The maximum atomic E-state index is 5.83. The second kappa shape index (κ2) is 6.78. The lowest BCUT2D eigenvalue weighted by atomic mass is 10.4. The number of likely N-dealkylation sites (N-methyl/N-ethyl adjacent to an activating group) is 1. The van der Waals surface area contributed by atoms with Crippen molar-refractivity contribution >= 4 is 23.4 Å². The molecule has 6 heteroatoms. The van der Waals surface area contributed by atoms with E-state index in [4.69, 9.17) is 16.1 Å². The number of hydrogen-bond donors (Lipinski definition) is 1. The van der Waals surface area contributed by atoms with Crippen LogP contribution in [0.3, 0.4) is 0 Å². The average Bonchev–Trinajstić information content (AvgIpc) is 2.84. The number of nitrogens with one attached hydrogen (secondary N) is 1. The Balaban J connectivity index is 1.86. The van der Waals surface area contributed by atoms with Gasteiger partial charge in [0.1, 0.15) is 0 Å². The molecule has 18 heavy (non-hydrogen) atoms. The molecule has 0 spiro atoms. The molecule has 1 heterocycles. The predicted molar refractivity (Wildman–Crippen MR) is 72.9 cm³/mol. The monoisotopic (exact) mass is 283 g/mol. The third-order valence-corrected chi connectivity index (χ3v) is 3.54. The van der Waals surface area contributed by atoms with Gasteiger partial charge in [0.25, 0.3) is 0 Å². The van der Waals surface area contributed by atoms with Gasteiger partial charge in [-0.15, -0.1) is 11.8 Å². The van der Waals surface area contributed by atoms with Crippen LogP contribution in [0.5, 0.6) is 0 Å². The van der Waals surface area contributed by atoms with E-state index in [1.54, 1.807) is 11.8 Å². The molecular formula is C12H14ClN3OS. The molecule has 0 saturated heterocycles. The fourth-order valence-corrected chi connectivity index (χ4v) is 2.23. The van der Waals surface area contributed by atoms with Gasteiger partial charge in [-0.25, -0.2) is 0 Å². The van der Waals surface area contributed by atoms with Crippen LogP contribution in [0.25, 0.3) is 0 Å². The zero-order valence-electron chi connectivity index (χ0n) is 10.0. The second-order valence-corrected chi connectivity index (χ2v) is 5.19. The normalized spacial score (nSPS) is 10.8. The highest BCUT2D eigenvalue weighted by Gasteiger charge is 2.06. The molecule has 1 aromatic heterocycles. The van der Waals surface area contributed by atoms with Crippen LogP contribution >= 0.6 is 23.4 Å². The Hall–Kier alpha value is -1.04. The number of hydrogen-bond acceptors (Lipinski definition) is 5. The molecule has 0 aliphatic rings. The molecule has 0 bridgehead atoms. The summed E-state index contributed by atoms with van der Waals surface area (Å²) in [4.78, 5) is 5.46. The van der Waals surface area contributed by atoms with Crippen molar-refractivity contribution in [3.8, 4) is 0 Å². The van der Waals surface area contributed by atoms with Crippen molar-refractivity contribution in [1.29, 1.82) is 0 Å². The van der Waals surface area contributed by atoms with Crippen LogP contribution in [0.2, 0.25) is 5.02 Å². The average molecular weight is 284 g/mol. The molecule has 0 radical (unpaired) electrons. The highest BCUT2D eigenvalue weighted by molar-refractivity contribution is 7.98. The molecule has 96 valence electrons. The lowest BCUT2D eigenvalue weighted by Crippen LogP contribution is -2.10. The van der Waals surface area contributed by atoms with Crippen molar-refractivity contribution in [3.05, 3.63) is 41.0 Å². The minimum atomic E-state index is 0.677. The number of nitrogens with zero attached hydrogens (tertiary/aromatic N) is 2. The van der Waals surface area contributed by atoms with Crippen LogP contribution in [0, 0.1) is 0 Å². The predicted octanol–water partition coefficient (Wildman–Crippen LogP) is 2.78. The summed E-state index contributed by atoms with van der Waals surface area (Å²) in [6.45, 7) is 0.839. The van der Waals surface area contributed by atoms with Gasteiger partial charge in [0.2, 0.25) is 5.89 Å². The Bertz CT molecular complexity index is 486. The van der Waals surface area contributed by atoms with Crippen molar-refractivity contribution in [1.82, 2.24) is 15.5 Å². The van der Waals surface area contributed by atoms with Crippen LogP contribution in [0.1, 0.15) is 11.7 Å². The molecule has 1 aromatic carbocycles. The van der Waals surface area contributed by atoms with E-state index in [2.05, 4.69) is 15.5 Å². The van der Waals surface area contributed by atoms with E-state index >= 15 is 0 Å². The molecule has 1 N–H and O–H groups in total. The molecule has 0 saturated carbocycles. The summed E-state index contributed by atoms with van der Waals surface area (Å²) in [5, 5.41) is 7.73. The first-order valence-electron chi connectivity index (χ1n) is 5.62. The lowest BCUT2D eigenvalue weighted by Gasteiger charge is -1.97. The second-order valence-electron chi connectivity index (χ2n) is 3.70. The Morgan fingerprint density at radius 1 is 1.33 bits per heavy atom. The maximum Gasteiger partial charge on any atom is 0.227 e. The first kappa shape index (κ1) is 13.4. The fraction of sp³-hybridized carbons (Fsp3) is 0.333. The van der Waals surface area contributed by atoms with Gasteiger partial charge in [0.05, 0.1) is 5.75 Å². The quantitative estimate of drug-likeness (QED) is 0.826. The van der Waals surface area contributed by atoms with Gasteiger partial charge in [0, 0.05) is 22.9 Å². The van der Waals surface area contributed by atoms with Crippen molar-refractivity contribution in [2.24, 2.45) is 0 Å². The van der Waals surface area contributed by atoms with Crippen LogP contribution < -0.4 is 5.32 Å². The molecule has 0 amide bonds. The Morgan fingerprint density at radius 2 is 2.11 bits per heavy atom. The number of aromatic nitrogens is 2. The summed E-state index contributed by atoms with van der Waals surface area (Å²) >= 11 is 7.49. The molecule has 0 unspecified atom stereocenters. The van der Waals surface area contributed by atoms with Crippen molar-refractivity contribution in [2.45, 2.75) is 17.1 Å². The Kier molecular flexibility index (Phi) is 5.04. The van der Waals surface area contributed by atoms with Crippen LogP contribution in [-0.2, 0) is 12.2 Å². The number of benzene rings is 1. The summed E-state index contributed by atoms with van der Waals surface area (Å²) in [5.41, 5.74) is 0. The number of rotatable bonds is 6. The first-order valence-corrected chi connectivity index (χ1v) is 6.98. The molecule has 4 nitrogen and oxygen atoms in total. The van der Waals surface area contributed by atoms with Crippen molar-refractivity contribution in [2.75, 3.05) is 13.6 Å². The molecule has 0 atom stereocenters. The summed E-state index contributed by atoms with van der Waals surface area (Å²) in [6, 6.07) is 7.71. The highest BCUT2D eigenvalue weighted by Crippen LogP contribution is 2.23. The summed E-state index contributed by atoms with van der Waals surface area (Å²) in [7, 11) is 1.90. The van der Waals surface area contributed by atoms with Crippen LogP contribution in [-0.4, -0.2) is 23.7 Å². The molecular weight excluding hydrogens is 270 g/mol. The zero-order valence-corrected chi connectivity index (χ0v) is 11.6. The summed E-state index contributed by atoms with van der Waals surface area (Å²) < 4.78 is 5.14. The minimum Gasteiger partial charge on any atom is -0.339 e. The third kappa shape index (κ3) is 4.01. The van der Waals surface area contributed by atoms with Gasteiger partial charge in [-0.05, 0) is 31.3 Å². The van der Waals surface area contributed by atoms with Gasteiger partial charge in [-0.1, -0.05) is 16.8 Å². The van der Waals surface area contributed by atoms with E-state index < -0.39 is 0 Å². The molecule has 2 rings (SSSR count). The minimum absolute atomic E-state index is 0.677. The van der Waals surface area contributed by atoms with Crippen LogP contribution in [0.4, 0.5) is 0 Å². The molecule has 0 aliphatic carbocycles. The summed E-state index contributed by atoms with van der Waals surface area (Å²) in [5.74, 6) is 2.10. The van der Waals surface area contributed by atoms with E-state index in [0.717, 1.165) is 28.7 Å². The third-order valence-electron chi connectivity index (χ3n) is 2.28. The van der Waals surface area contributed by atoms with Gasteiger partial charge < -0.3 is 9.84 Å². The first-order chi connectivity index (χ1) is 8.78. The van der Waals surface area contributed by atoms with Gasteiger partial charge in [-0.3, -0.25) is 0 Å². The summed E-state index contributed by atoms with van der Waals surface area (Å²) in [6.07, 6.45) is 0.759. The number of thioether (sulfide) groups is 1. The Morgan fingerprint density at radius 3 is 2.83 bits per heavy atom. The lowest BCUT2D eigenvalue weighted by molar-refractivity contribution is 0.373. The standard InChI is InChI=1S/C12H14ClN3OS/c1-14-7-6-12-15-11(16-17-12)8-18-10-4-2-9(13)3-5-10/h2-5,14H,6-8H2,1H3. The highest BCUT2D eigenvalue weighted by atomic mass is 35.5. The maximum absolute atomic E-state index is 5.83. The fourth-order valence-electron chi connectivity index (χ4n) is 1.36. The smallest absolute Gasteiger partial charge is 0.227 e. The van der Waals surface area contributed by atoms with E-state index in [9.17, 15) is 0 Å². The van der Waals surface area contributed by atoms with E-state index in [1.165, 1.54) is 0 Å². The molecule has 0 fully saturated rings. The zero-order chi connectivity index (χ0) is 12.8. The van der Waals surface area contributed by atoms with Crippen molar-refractivity contribution < 1.29 is 4.52 Å². The Labute approximate surface area is 115 Å². The van der Waals surface area contributed by atoms with E-state index in [0.29, 0.717) is 11.6 Å². The van der Waals surface area contributed by atoms with Crippen LogP contribution in [0.15, 0.2) is 33.7 Å². The van der Waals surface area contributed by atoms with Crippen molar-refractivity contribution in [3.63, 3.8) is 0 Å². The van der Waals surface area contributed by atoms with Gasteiger partial charge >= 0.3 is 0 Å². The van der Waals surface area contributed by atoms with Gasteiger partial charge in [0.15, 0.2) is 5.82 Å². The largest absolute Gasteiger partial charge is 0.339 e. The topological polar surface area (TPSA) is 51.0 Å². The number of halogens is 1. The molecule has 0 aliphatic heterocycles. The molecule has 2 aromatic rings. The van der Waals surface area contributed by atoms with Gasteiger partial charge in [-0.2, -0.15) is 4.98 Å².